The van der Waals surface area contributed by atoms with Crippen LogP contribution in [0.15, 0.2) is 24.4 Å². The summed E-state index contributed by atoms with van der Waals surface area (Å²) in [7, 11) is 0. The molecule has 3 heteroatoms. The highest BCUT2D eigenvalue weighted by molar-refractivity contribution is 5.66. The summed E-state index contributed by atoms with van der Waals surface area (Å²) in [5.74, 6) is -0.676. The van der Waals surface area contributed by atoms with Crippen LogP contribution >= 0.6 is 0 Å². The topological polar surface area (TPSA) is 50.2 Å². The second-order valence-corrected chi connectivity index (χ2v) is 4.69. The fourth-order valence-corrected chi connectivity index (χ4v) is 2.01. The van der Waals surface area contributed by atoms with Gasteiger partial charge in [0, 0.05) is 18.3 Å². The molecule has 1 N–H and O–H groups in total. The van der Waals surface area contributed by atoms with E-state index in [9.17, 15) is 4.79 Å². The van der Waals surface area contributed by atoms with Crippen molar-refractivity contribution in [3.05, 3.63) is 30.1 Å². The second kappa shape index (κ2) is 9.63. The van der Waals surface area contributed by atoms with E-state index in [-0.39, 0.29) is 0 Å². The summed E-state index contributed by atoms with van der Waals surface area (Å²) in [5.41, 5.74) is 1.18. The van der Waals surface area contributed by atoms with Gasteiger partial charge >= 0.3 is 5.97 Å². The highest BCUT2D eigenvalue weighted by atomic mass is 16.4. The van der Waals surface area contributed by atoms with Gasteiger partial charge < -0.3 is 5.11 Å². The van der Waals surface area contributed by atoms with E-state index in [1.165, 1.54) is 31.4 Å². The van der Waals surface area contributed by atoms with Gasteiger partial charge in [0.05, 0.1) is 0 Å². The van der Waals surface area contributed by atoms with E-state index in [1.807, 2.05) is 18.3 Å². The SMILES string of the molecule is O=C(O)CCCCCCCCCc1ccccn1. The van der Waals surface area contributed by atoms with Gasteiger partial charge in [0.2, 0.25) is 0 Å². The first-order valence-corrected chi connectivity index (χ1v) is 6.91. The molecule has 100 valence electrons. The number of aromatic nitrogens is 1. The minimum atomic E-state index is -0.676. The zero-order valence-electron chi connectivity index (χ0n) is 11.0. The predicted octanol–water partition coefficient (Wildman–Crippen LogP) is 3.83. The lowest BCUT2D eigenvalue weighted by atomic mass is 10.1. The molecule has 0 unspecified atom stereocenters. The monoisotopic (exact) mass is 249 g/mol. The van der Waals surface area contributed by atoms with Gasteiger partial charge in [0.15, 0.2) is 0 Å². The Hall–Kier alpha value is -1.38. The number of carbonyl (C=O) groups is 1. The summed E-state index contributed by atoms with van der Waals surface area (Å²) in [6, 6.07) is 6.05. The third-order valence-electron chi connectivity index (χ3n) is 3.05. The summed E-state index contributed by atoms with van der Waals surface area (Å²) >= 11 is 0. The molecule has 1 aromatic rings. The van der Waals surface area contributed by atoms with Crippen LogP contribution in [0.5, 0.6) is 0 Å². The summed E-state index contributed by atoms with van der Waals surface area (Å²) in [5, 5.41) is 8.49. The van der Waals surface area contributed by atoms with Crippen LogP contribution in [-0.2, 0) is 11.2 Å². The molecule has 0 saturated heterocycles. The number of carboxylic acids is 1. The maximum atomic E-state index is 10.3. The van der Waals surface area contributed by atoms with E-state index in [0.717, 1.165) is 25.7 Å². The molecule has 18 heavy (non-hydrogen) atoms. The van der Waals surface area contributed by atoms with Crippen LogP contribution < -0.4 is 0 Å². The number of aliphatic carboxylic acids is 1. The van der Waals surface area contributed by atoms with Crippen LogP contribution in [0, 0.1) is 0 Å². The third-order valence-corrected chi connectivity index (χ3v) is 3.05. The van der Waals surface area contributed by atoms with Crippen LogP contribution in [0.25, 0.3) is 0 Å². The van der Waals surface area contributed by atoms with Gasteiger partial charge in [-0.15, -0.1) is 0 Å². The zero-order valence-corrected chi connectivity index (χ0v) is 11.0. The maximum Gasteiger partial charge on any atom is 0.303 e. The molecule has 0 aliphatic rings. The highest BCUT2D eigenvalue weighted by Gasteiger charge is 1.97. The lowest BCUT2D eigenvalue weighted by Gasteiger charge is -2.01. The van der Waals surface area contributed by atoms with E-state index in [2.05, 4.69) is 11.1 Å². The van der Waals surface area contributed by atoms with Crippen LogP contribution in [0.4, 0.5) is 0 Å². The fourth-order valence-electron chi connectivity index (χ4n) is 2.01. The lowest BCUT2D eigenvalue weighted by molar-refractivity contribution is -0.137. The molecular formula is C15H23NO2. The molecule has 0 saturated carbocycles. The number of pyridine rings is 1. The second-order valence-electron chi connectivity index (χ2n) is 4.69. The number of aryl methyl sites for hydroxylation is 1. The molecule has 0 fully saturated rings. The minimum absolute atomic E-state index is 0.319. The van der Waals surface area contributed by atoms with Crippen molar-refractivity contribution >= 4 is 5.97 Å². The molecule has 0 spiro atoms. The number of nitrogens with zero attached hydrogens (tertiary/aromatic N) is 1. The summed E-state index contributed by atoms with van der Waals surface area (Å²) < 4.78 is 0. The van der Waals surface area contributed by atoms with Gasteiger partial charge in [-0.05, 0) is 31.4 Å². The normalized spacial score (nSPS) is 10.4. The summed E-state index contributed by atoms with van der Waals surface area (Å²) in [6.07, 6.45) is 11.2. The minimum Gasteiger partial charge on any atom is -0.481 e. The zero-order chi connectivity index (χ0) is 13.1. The van der Waals surface area contributed by atoms with Crippen LogP contribution in [0.2, 0.25) is 0 Å². The van der Waals surface area contributed by atoms with Crippen molar-refractivity contribution in [2.24, 2.45) is 0 Å². The van der Waals surface area contributed by atoms with Gasteiger partial charge in [0.25, 0.3) is 0 Å². The van der Waals surface area contributed by atoms with E-state index in [4.69, 9.17) is 5.11 Å². The quantitative estimate of drug-likeness (QED) is 0.641. The molecule has 0 atom stereocenters. The average Bonchev–Trinajstić information content (AvgIpc) is 2.37. The van der Waals surface area contributed by atoms with Gasteiger partial charge in [-0.1, -0.05) is 38.2 Å². The Morgan fingerprint density at radius 1 is 1.00 bits per heavy atom. The van der Waals surface area contributed by atoms with E-state index in [1.54, 1.807) is 0 Å². The van der Waals surface area contributed by atoms with Crippen molar-refractivity contribution in [1.29, 1.82) is 0 Å². The molecule has 0 aliphatic heterocycles. The first-order chi connectivity index (χ1) is 8.79. The smallest absolute Gasteiger partial charge is 0.303 e. The largest absolute Gasteiger partial charge is 0.481 e. The number of rotatable bonds is 10. The van der Waals surface area contributed by atoms with Crippen molar-refractivity contribution < 1.29 is 9.90 Å². The number of hydrogen-bond acceptors (Lipinski definition) is 2. The Kier molecular flexibility index (Phi) is 7.85. The Morgan fingerprint density at radius 2 is 1.67 bits per heavy atom. The van der Waals surface area contributed by atoms with Crippen LogP contribution in [-0.4, -0.2) is 16.1 Å². The van der Waals surface area contributed by atoms with Crippen molar-refractivity contribution in [1.82, 2.24) is 4.98 Å². The Morgan fingerprint density at radius 3 is 2.28 bits per heavy atom. The third kappa shape index (κ3) is 7.82. The maximum absolute atomic E-state index is 10.3. The molecule has 3 nitrogen and oxygen atoms in total. The Bertz CT molecular complexity index is 325. The van der Waals surface area contributed by atoms with Crippen LogP contribution in [0.1, 0.15) is 57.1 Å². The number of hydrogen-bond donors (Lipinski definition) is 1. The molecule has 0 bridgehead atoms. The predicted molar refractivity (Wildman–Crippen MR) is 72.5 cm³/mol. The van der Waals surface area contributed by atoms with E-state index in [0.29, 0.717) is 6.42 Å². The standard InChI is InChI=1S/C15H23NO2/c17-15(18)12-7-5-3-1-2-4-6-10-14-11-8-9-13-16-14/h8-9,11,13H,1-7,10,12H2,(H,17,18). The van der Waals surface area contributed by atoms with E-state index >= 15 is 0 Å². The van der Waals surface area contributed by atoms with Crippen molar-refractivity contribution in [2.45, 2.75) is 57.8 Å². The van der Waals surface area contributed by atoms with Crippen LogP contribution in [0.3, 0.4) is 0 Å². The first kappa shape index (κ1) is 14.7. The summed E-state index contributed by atoms with van der Waals surface area (Å²) in [4.78, 5) is 14.6. The fraction of sp³-hybridized carbons (Fsp3) is 0.600. The Labute approximate surface area is 109 Å². The molecule has 1 heterocycles. The number of unbranched alkanes of at least 4 members (excludes halogenated alkanes) is 6. The summed E-state index contributed by atoms with van der Waals surface area (Å²) in [6.45, 7) is 0. The molecule has 1 aromatic heterocycles. The molecule has 0 aliphatic carbocycles. The molecule has 0 radical (unpaired) electrons. The molecule has 1 rings (SSSR count). The van der Waals surface area contributed by atoms with Gasteiger partial charge in [-0.25, -0.2) is 0 Å². The highest BCUT2D eigenvalue weighted by Crippen LogP contribution is 2.10. The molecule has 0 amide bonds. The van der Waals surface area contributed by atoms with Crippen molar-refractivity contribution in [2.75, 3.05) is 0 Å². The number of carboxylic acid groups (broad SMARTS) is 1. The van der Waals surface area contributed by atoms with Gasteiger partial charge in [-0.2, -0.15) is 0 Å². The molecule has 0 aromatic carbocycles. The van der Waals surface area contributed by atoms with Gasteiger partial charge in [-0.3, -0.25) is 9.78 Å². The average molecular weight is 249 g/mol. The molecular weight excluding hydrogens is 226 g/mol. The first-order valence-electron chi connectivity index (χ1n) is 6.91. The van der Waals surface area contributed by atoms with Gasteiger partial charge in [0.1, 0.15) is 0 Å². The van der Waals surface area contributed by atoms with Crippen molar-refractivity contribution in [3.8, 4) is 0 Å². The Balaban J connectivity index is 1.86. The van der Waals surface area contributed by atoms with E-state index < -0.39 is 5.97 Å². The lowest BCUT2D eigenvalue weighted by Crippen LogP contribution is -1.93. The van der Waals surface area contributed by atoms with Crippen molar-refractivity contribution in [3.63, 3.8) is 0 Å².